The quantitative estimate of drug-likeness (QED) is 0.784. The van der Waals surface area contributed by atoms with E-state index < -0.39 is 0 Å². The third-order valence-electron chi connectivity index (χ3n) is 3.39. The molecule has 0 saturated heterocycles. The Labute approximate surface area is 94.7 Å². The molecule has 1 aliphatic carbocycles. The third kappa shape index (κ3) is 1.77. The summed E-state index contributed by atoms with van der Waals surface area (Å²) >= 11 is 0. The van der Waals surface area contributed by atoms with Gasteiger partial charge in [-0.3, -0.25) is 0 Å². The summed E-state index contributed by atoms with van der Waals surface area (Å²) in [6.07, 6.45) is 6.34. The van der Waals surface area contributed by atoms with Crippen molar-refractivity contribution in [3.63, 3.8) is 0 Å². The van der Waals surface area contributed by atoms with Crippen molar-refractivity contribution in [3.8, 4) is 0 Å². The van der Waals surface area contributed by atoms with Crippen LogP contribution in [0, 0.1) is 5.92 Å². The normalized spacial score (nSPS) is 17.2. The second-order valence-electron chi connectivity index (χ2n) is 4.69. The standard InChI is InChI=1S/C13H16N2O/c14-10-5-6-11-12(8-10)16-13(15-11)7-9-3-1-2-4-9/h5-6,8-9H,1-4,7,14H2. The first-order valence-electron chi connectivity index (χ1n) is 5.96. The molecule has 0 amide bonds. The molecule has 16 heavy (non-hydrogen) atoms. The van der Waals surface area contributed by atoms with Gasteiger partial charge in [0.25, 0.3) is 0 Å². The number of anilines is 1. The first-order valence-corrected chi connectivity index (χ1v) is 5.96. The summed E-state index contributed by atoms with van der Waals surface area (Å²) in [5.74, 6) is 1.64. The van der Waals surface area contributed by atoms with Gasteiger partial charge in [-0.25, -0.2) is 4.98 Å². The zero-order valence-electron chi connectivity index (χ0n) is 9.28. The molecule has 1 aliphatic rings. The van der Waals surface area contributed by atoms with Gasteiger partial charge in [0.15, 0.2) is 11.5 Å². The summed E-state index contributed by atoms with van der Waals surface area (Å²) in [6.45, 7) is 0. The summed E-state index contributed by atoms with van der Waals surface area (Å²) < 4.78 is 5.72. The van der Waals surface area contributed by atoms with E-state index in [9.17, 15) is 0 Å². The van der Waals surface area contributed by atoms with Crippen molar-refractivity contribution in [3.05, 3.63) is 24.1 Å². The van der Waals surface area contributed by atoms with Crippen molar-refractivity contribution in [2.45, 2.75) is 32.1 Å². The number of fused-ring (bicyclic) bond motifs is 1. The van der Waals surface area contributed by atoms with Gasteiger partial charge in [0, 0.05) is 18.2 Å². The summed E-state index contributed by atoms with van der Waals surface area (Å²) in [4.78, 5) is 4.50. The Morgan fingerprint density at radius 3 is 2.94 bits per heavy atom. The van der Waals surface area contributed by atoms with Gasteiger partial charge in [-0.05, 0) is 30.9 Å². The molecule has 1 fully saturated rings. The van der Waals surface area contributed by atoms with Crippen LogP contribution in [0.5, 0.6) is 0 Å². The van der Waals surface area contributed by atoms with E-state index in [1.165, 1.54) is 25.7 Å². The van der Waals surface area contributed by atoms with Gasteiger partial charge in [-0.15, -0.1) is 0 Å². The van der Waals surface area contributed by atoms with Crippen LogP contribution in [-0.2, 0) is 6.42 Å². The van der Waals surface area contributed by atoms with Gasteiger partial charge in [0.2, 0.25) is 0 Å². The van der Waals surface area contributed by atoms with E-state index in [1.54, 1.807) is 0 Å². The largest absolute Gasteiger partial charge is 0.441 e. The maximum absolute atomic E-state index is 5.72. The Balaban J connectivity index is 1.86. The molecule has 3 nitrogen and oxygen atoms in total. The molecule has 1 aromatic heterocycles. The van der Waals surface area contributed by atoms with Crippen molar-refractivity contribution < 1.29 is 4.42 Å². The molecule has 0 unspecified atom stereocenters. The fourth-order valence-corrected chi connectivity index (χ4v) is 2.54. The molecule has 2 N–H and O–H groups in total. The highest BCUT2D eigenvalue weighted by atomic mass is 16.3. The van der Waals surface area contributed by atoms with Crippen molar-refractivity contribution in [1.29, 1.82) is 0 Å². The topological polar surface area (TPSA) is 52.0 Å². The molecule has 0 radical (unpaired) electrons. The second kappa shape index (κ2) is 3.81. The smallest absolute Gasteiger partial charge is 0.195 e. The Morgan fingerprint density at radius 1 is 1.31 bits per heavy atom. The molecule has 2 aromatic rings. The monoisotopic (exact) mass is 216 g/mol. The predicted molar refractivity (Wildman–Crippen MR) is 64.1 cm³/mol. The summed E-state index contributed by atoms with van der Waals surface area (Å²) in [7, 11) is 0. The first-order chi connectivity index (χ1) is 7.81. The highest BCUT2D eigenvalue weighted by molar-refractivity contribution is 5.76. The molecule has 0 atom stereocenters. The van der Waals surface area contributed by atoms with Gasteiger partial charge in [-0.2, -0.15) is 0 Å². The van der Waals surface area contributed by atoms with Gasteiger partial charge in [0.1, 0.15) is 5.52 Å². The number of nitrogens with two attached hydrogens (primary N) is 1. The van der Waals surface area contributed by atoms with Crippen LogP contribution >= 0.6 is 0 Å². The van der Waals surface area contributed by atoms with Crippen LogP contribution in [0.4, 0.5) is 5.69 Å². The summed E-state index contributed by atoms with van der Waals surface area (Å²) in [5.41, 5.74) is 8.17. The number of nitrogens with zero attached hydrogens (tertiary/aromatic N) is 1. The van der Waals surface area contributed by atoms with E-state index in [0.29, 0.717) is 0 Å². The van der Waals surface area contributed by atoms with Gasteiger partial charge < -0.3 is 10.2 Å². The minimum absolute atomic E-state index is 0.732. The van der Waals surface area contributed by atoms with E-state index in [0.717, 1.165) is 35.0 Å². The van der Waals surface area contributed by atoms with Crippen LogP contribution in [0.25, 0.3) is 11.1 Å². The van der Waals surface area contributed by atoms with E-state index >= 15 is 0 Å². The maximum atomic E-state index is 5.72. The lowest BCUT2D eigenvalue weighted by molar-refractivity contribution is 0.448. The maximum Gasteiger partial charge on any atom is 0.195 e. The SMILES string of the molecule is Nc1ccc2nc(CC3CCCC3)oc2c1. The van der Waals surface area contributed by atoms with Gasteiger partial charge in [-0.1, -0.05) is 12.8 Å². The Bertz CT molecular complexity index is 498. The first kappa shape index (κ1) is 9.70. The van der Waals surface area contributed by atoms with Crippen LogP contribution in [-0.4, -0.2) is 4.98 Å². The summed E-state index contributed by atoms with van der Waals surface area (Å²) in [6, 6.07) is 5.64. The van der Waals surface area contributed by atoms with Gasteiger partial charge >= 0.3 is 0 Å². The van der Waals surface area contributed by atoms with Crippen LogP contribution in [0.3, 0.4) is 0 Å². The lowest BCUT2D eigenvalue weighted by Crippen LogP contribution is -1.98. The van der Waals surface area contributed by atoms with E-state index in [2.05, 4.69) is 4.98 Å². The van der Waals surface area contributed by atoms with Gasteiger partial charge in [0.05, 0.1) is 0 Å². The zero-order valence-corrected chi connectivity index (χ0v) is 9.28. The lowest BCUT2D eigenvalue weighted by Gasteiger charge is -2.03. The molecule has 1 aromatic carbocycles. The average molecular weight is 216 g/mol. The van der Waals surface area contributed by atoms with Crippen LogP contribution in [0.15, 0.2) is 22.6 Å². The molecule has 1 heterocycles. The number of rotatable bonds is 2. The van der Waals surface area contributed by atoms with E-state index in [-0.39, 0.29) is 0 Å². The Hall–Kier alpha value is -1.51. The Morgan fingerprint density at radius 2 is 2.12 bits per heavy atom. The molecule has 0 spiro atoms. The average Bonchev–Trinajstić information content (AvgIpc) is 2.86. The number of hydrogen-bond donors (Lipinski definition) is 1. The fraction of sp³-hybridized carbons (Fsp3) is 0.462. The molecule has 0 aliphatic heterocycles. The van der Waals surface area contributed by atoms with Crippen molar-refractivity contribution >= 4 is 16.8 Å². The highest BCUT2D eigenvalue weighted by Gasteiger charge is 2.18. The second-order valence-corrected chi connectivity index (χ2v) is 4.69. The molecule has 3 rings (SSSR count). The molecule has 1 saturated carbocycles. The Kier molecular flexibility index (Phi) is 2.31. The highest BCUT2D eigenvalue weighted by Crippen LogP contribution is 2.29. The lowest BCUT2D eigenvalue weighted by atomic mass is 10.0. The molecule has 84 valence electrons. The molecular weight excluding hydrogens is 200 g/mol. The van der Waals surface area contributed by atoms with Crippen LogP contribution in [0.2, 0.25) is 0 Å². The van der Waals surface area contributed by atoms with Crippen molar-refractivity contribution in [2.75, 3.05) is 5.73 Å². The summed E-state index contributed by atoms with van der Waals surface area (Å²) in [5, 5.41) is 0. The number of nitrogen functional groups attached to an aromatic ring is 1. The fourth-order valence-electron chi connectivity index (χ4n) is 2.54. The number of aromatic nitrogens is 1. The van der Waals surface area contributed by atoms with Crippen LogP contribution < -0.4 is 5.73 Å². The molecule has 3 heteroatoms. The number of benzene rings is 1. The molecule has 0 bridgehead atoms. The van der Waals surface area contributed by atoms with Crippen molar-refractivity contribution in [1.82, 2.24) is 4.98 Å². The minimum atomic E-state index is 0.732. The number of oxazole rings is 1. The van der Waals surface area contributed by atoms with E-state index in [1.807, 2.05) is 18.2 Å². The number of hydrogen-bond acceptors (Lipinski definition) is 3. The minimum Gasteiger partial charge on any atom is -0.441 e. The van der Waals surface area contributed by atoms with E-state index in [4.69, 9.17) is 10.2 Å². The zero-order chi connectivity index (χ0) is 11.0. The van der Waals surface area contributed by atoms with Crippen molar-refractivity contribution in [2.24, 2.45) is 5.92 Å². The van der Waals surface area contributed by atoms with Crippen LogP contribution in [0.1, 0.15) is 31.6 Å². The predicted octanol–water partition coefficient (Wildman–Crippen LogP) is 3.14. The third-order valence-corrected chi connectivity index (χ3v) is 3.39. The molecular formula is C13H16N2O.